The number of quaternary nitrogens is 7. The Morgan fingerprint density at radius 3 is 0.742 bits per heavy atom. The van der Waals surface area contributed by atoms with Gasteiger partial charge in [-0.1, -0.05) is 0 Å². The zero-order chi connectivity index (χ0) is 101. The first kappa shape index (κ1) is 125. The molecule has 128 heavy (non-hydrogen) atoms. The number of hydrogen-bond donors (Lipinski definition) is 6. The van der Waals surface area contributed by atoms with Crippen LogP contribution in [0.15, 0.2) is 25.3 Å². The normalized spacial score (nSPS) is 19.0. The van der Waals surface area contributed by atoms with Gasteiger partial charge in [0.15, 0.2) is 35.4 Å². The predicted molar refractivity (Wildman–Crippen MR) is 441 cm³/mol. The molecule has 6 heterocycles. The Kier molecular flexibility index (Phi) is 55.0. The maximum atomic E-state index is 11.6. The molecule has 0 bridgehead atoms. The van der Waals surface area contributed by atoms with E-state index < -0.39 is 101 Å². The molecule has 0 aliphatic carbocycles. The molecular formula is C69H136N17O37P5. The number of aromatic nitrogens is 8. The van der Waals surface area contributed by atoms with E-state index in [2.05, 4.69) is 200 Å². The molecule has 59 heteroatoms. The highest BCUT2D eigenvalue weighted by Crippen LogP contribution is 2.60. The SMILES string of the molecule is CC(=O)OCC[N+](C)(C)C.CC(=O)OCC[N+](C)(C)C.CC(=O)OCC[N+](C)(C)C.CC(=O)OCC[N+](C)(C)C.CC(=O)OCC[N+](C)(C)C.CC(=O)OCC[N+](C)(C)C.CC(=O)OCC[N+](C)(C)C.Nc1ncnc2c1ncn2[C@@H]1O[C@H](COP(=O)([O-])OP(=O)([O-])OP(=O)([O-])[O-])[C@@H](O)[C@H]1O.Nc1ncnc2c1ncn2[C@@H]1O[C@H](COP(=O)([O-])OP(=O)([O-])[O-])[C@@H](O)[C@H]1O. The summed E-state index contributed by atoms with van der Waals surface area (Å²) in [5, 5.41) is 40.5. The largest absolute Gasteiger partial charge is 0.790 e. The molecule has 2 saturated heterocycles. The third-order valence-electron chi connectivity index (χ3n) is 14.9. The van der Waals surface area contributed by atoms with E-state index in [0.29, 0.717) is 46.2 Å². The summed E-state index contributed by atoms with van der Waals surface area (Å²) >= 11 is 0. The molecule has 0 saturated carbocycles. The van der Waals surface area contributed by atoms with Gasteiger partial charge in [-0.25, -0.2) is 34.2 Å². The van der Waals surface area contributed by atoms with Crippen molar-refractivity contribution in [1.29, 1.82) is 0 Å². The van der Waals surface area contributed by atoms with Crippen LogP contribution in [0.5, 0.6) is 0 Å². The second kappa shape index (κ2) is 56.2. The topological polar surface area (TPSA) is 716 Å². The number of likely N-dealkylation sites (N-methyl/N-ethyl adjacent to an activating group) is 7. The average molecular weight is 1950 g/mol. The Morgan fingerprint density at radius 1 is 0.344 bits per heavy atom. The van der Waals surface area contributed by atoms with Crippen LogP contribution in [0.4, 0.5) is 11.6 Å². The number of fused-ring (bicyclic) bond motifs is 2. The van der Waals surface area contributed by atoms with Gasteiger partial charge >= 0.3 is 41.8 Å². The van der Waals surface area contributed by atoms with E-state index in [-0.39, 0.29) is 75.7 Å². The van der Waals surface area contributed by atoms with E-state index in [1.165, 1.54) is 63.9 Å². The molecule has 4 aromatic rings. The van der Waals surface area contributed by atoms with E-state index in [0.717, 1.165) is 96.2 Å². The maximum absolute atomic E-state index is 11.6. The summed E-state index contributed by atoms with van der Waals surface area (Å²) in [5.41, 5.74) is 12.0. The number of ether oxygens (including phenoxy) is 9. The number of carbonyl (C=O) groups excluding carboxylic acids is 7. The fourth-order valence-corrected chi connectivity index (χ4v) is 12.7. The number of nitrogens with two attached hydrogens (primary N) is 2. The van der Waals surface area contributed by atoms with Crippen LogP contribution in [0.2, 0.25) is 0 Å². The zero-order valence-corrected chi connectivity index (χ0v) is 82.6. The Bertz CT molecular complexity index is 3990. The summed E-state index contributed by atoms with van der Waals surface area (Å²) in [4.78, 5) is 171. The molecular weight excluding hydrogens is 1810 g/mol. The molecule has 11 atom stereocenters. The molecule has 2 aliphatic rings. The number of rotatable bonds is 35. The fraction of sp³-hybridized carbons (Fsp3) is 0.754. The number of esters is 7. The zero-order valence-electron chi connectivity index (χ0n) is 78.1. The van der Waals surface area contributed by atoms with Crippen molar-refractivity contribution in [3.05, 3.63) is 25.3 Å². The van der Waals surface area contributed by atoms with Gasteiger partial charge in [-0.3, -0.25) is 65.0 Å². The van der Waals surface area contributed by atoms with Crippen molar-refractivity contribution in [3.63, 3.8) is 0 Å². The summed E-state index contributed by atoms with van der Waals surface area (Å²) in [6.07, 6.45) is -7.47. The van der Waals surface area contributed by atoms with Gasteiger partial charge in [-0.15, -0.1) is 0 Å². The summed E-state index contributed by atoms with van der Waals surface area (Å²) in [6, 6.07) is 0. The number of phosphoric ester groups is 2. The third kappa shape index (κ3) is 66.5. The van der Waals surface area contributed by atoms with Crippen LogP contribution >= 0.6 is 39.1 Å². The van der Waals surface area contributed by atoms with Gasteiger partial charge in [0.05, 0.1) is 190 Å². The molecule has 744 valence electrons. The second-order valence-corrected chi connectivity index (χ2v) is 41.8. The number of phosphoric acid groups is 5. The first-order valence-corrected chi connectivity index (χ1v) is 45.8. The molecule has 0 spiro atoms. The van der Waals surface area contributed by atoms with Gasteiger partial charge < -0.3 is 158 Å². The number of nitrogens with zero attached hydrogens (tertiary/aromatic N) is 15. The van der Waals surface area contributed by atoms with E-state index in [9.17, 15) is 111 Å². The summed E-state index contributed by atoms with van der Waals surface area (Å²) in [5.74, 6) is -1.32. The number of hydrogen-bond acceptors (Lipinski definition) is 45. The van der Waals surface area contributed by atoms with Crippen LogP contribution in [0, 0.1) is 0 Å². The van der Waals surface area contributed by atoms with Crippen LogP contribution in [0.25, 0.3) is 22.3 Å². The van der Waals surface area contributed by atoms with Crippen molar-refractivity contribution < 1.29 is 207 Å². The van der Waals surface area contributed by atoms with E-state index >= 15 is 0 Å². The fourth-order valence-electron chi connectivity index (χ4n) is 8.31. The van der Waals surface area contributed by atoms with Crippen molar-refractivity contribution in [2.24, 2.45) is 0 Å². The van der Waals surface area contributed by atoms with Gasteiger partial charge in [0.2, 0.25) is 0 Å². The lowest BCUT2D eigenvalue weighted by molar-refractivity contribution is -0.870. The van der Waals surface area contributed by atoms with Gasteiger partial charge in [0.1, 0.15) is 152 Å². The molecule has 8 N–H and O–H groups in total. The molecule has 3 unspecified atom stereocenters. The Morgan fingerprint density at radius 2 is 0.547 bits per heavy atom. The van der Waals surface area contributed by atoms with Crippen molar-refractivity contribution in [1.82, 2.24) is 39.0 Å². The lowest BCUT2D eigenvalue weighted by Gasteiger charge is -2.37. The number of nitrogen functional groups attached to an aromatic ring is 2. The minimum absolute atomic E-state index is 0.0195. The van der Waals surface area contributed by atoms with E-state index in [4.69, 9.17) is 54.1 Å². The molecule has 6 rings (SSSR count). The van der Waals surface area contributed by atoms with Crippen molar-refractivity contribution in [2.75, 3.05) is 265 Å². The molecule has 2 aliphatic heterocycles. The van der Waals surface area contributed by atoms with Gasteiger partial charge in [-0.2, -0.15) is 0 Å². The van der Waals surface area contributed by atoms with Gasteiger partial charge in [0, 0.05) is 48.5 Å². The monoisotopic (exact) mass is 1950 g/mol. The van der Waals surface area contributed by atoms with E-state index in [1.807, 2.05) is 0 Å². The molecule has 0 aromatic carbocycles. The van der Waals surface area contributed by atoms with Crippen LogP contribution in [-0.4, -0.2) is 423 Å². The van der Waals surface area contributed by atoms with Crippen molar-refractivity contribution in [3.8, 4) is 0 Å². The first-order valence-electron chi connectivity index (χ1n) is 38.5. The van der Waals surface area contributed by atoms with Gasteiger partial charge in [-0.05, 0) is 0 Å². The van der Waals surface area contributed by atoms with E-state index in [1.54, 1.807) is 0 Å². The predicted octanol–water partition coefficient (Wildman–Crippen LogP) is -6.01. The van der Waals surface area contributed by atoms with Crippen LogP contribution in [0.1, 0.15) is 60.9 Å². The van der Waals surface area contributed by atoms with Crippen molar-refractivity contribution >= 4 is 115 Å². The molecule has 0 radical (unpaired) electrons. The number of carbonyl (C=O) groups is 7. The Labute approximate surface area is 745 Å². The summed E-state index contributed by atoms with van der Waals surface area (Å²) < 4.78 is 125. The average Bonchev–Trinajstić information content (AvgIpc) is 1.63. The van der Waals surface area contributed by atoms with Crippen molar-refractivity contribution in [2.45, 2.75) is 97.5 Å². The standard InChI is InChI=1S/C10H16N5O13P3.C10H15N5O10P2.7C7H16NO2/c11-8-5-9(13-2-12-8)15(3-14-5)10-7(17)6(16)4(26-10)1-25-30(21,22)28-31(23,24)27-29(18,19)20;11-8-5-9(13-2-12-8)15(3-14-5)10-7(17)6(16)4(24-10)1-23-27(21,22)25-26(18,19)20;7*1-7(9)10-6-5-8(2,3)4/h2-4,6-7,10,16-17H,1H2,(H,21,22)(H,23,24)(H2,11,12,13)(H2,18,19,20);2-4,6-7,10,16-17H,1H2,(H,21,22)(H2,11,12,13)(H2,18,19,20);7*5-6H2,1-4H3/q;;7*+1/p-7/t2*4-,6-,7-,10-;;;;;;;/m11......./s1. The van der Waals surface area contributed by atoms with Crippen LogP contribution in [-0.2, 0) is 121 Å². The molecule has 4 aromatic heterocycles. The quantitative estimate of drug-likeness (QED) is 0.0108. The third-order valence-corrected chi connectivity index (χ3v) is 20.6. The Hall–Kier alpha value is -6.86. The second-order valence-electron chi connectivity index (χ2n) is 34.8. The highest BCUT2D eigenvalue weighted by Gasteiger charge is 2.47. The van der Waals surface area contributed by atoms with Crippen LogP contribution in [0.3, 0.4) is 0 Å². The number of anilines is 2. The summed E-state index contributed by atoms with van der Waals surface area (Å²) in [7, 11) is 13.8. The maximum Gasteiger partial charge on any atom is 0.302 e. The minimum atomic E-state index is -6.14. The molecule has 54 nitrogen and oxygen atoms in total. The number of aliphatic hydroxyl groups excluding tert-OH is 4. The number of imidazole rings is 2. The summed E-state index contributed by atoms with van der Waals surface area (Å²) in [6.45, 7) is 17.6. The lowest BCUT2D eigenvalue weighted by Crippen LogP contribution is -2.37. The highest BCUT2D eigenvalue weighted by atomic mass is 31.3. The Balaban J connectivity index is -0.00000145. The minimum Gasteiger partial charge on any atom is -0.790 e. The lowest BCUT2D eigenvalue weighted by atomic mass is 10.1. The first-order chi connectivity index (χ1) is 57.6. The molecule has 0 amide bonds. The smallest absolute Gasteiger partial charge is 0.302 e. The highest BCUT2D eigenvalue weighted by molar-refractivity contribution is 7.64. The molecule has 2 fully saturated rings. The van der Waals surface area contributed by atoms with Crippen LogP contribution < -0.4 is 45.7 Å². The van der Waals surface area contributed by atoms with Gasteiger partial charge in [0.25, 0.3) is 23.5 Å². The number of aliphatic hydroxyl groups is 4.